The Kier molecular flexibility index (Phi) is 5.41. The van der Waals surface area contributed by atoms with E-state index in [9.17, 15) is 17.6 Å². The maximum Gasteiger partial charge on any atom is 0.339 e. The second-order valence-corrected chi connectivity index (χ2v) is 5.82. The van der Waals surface area contributed by atoms with Crippen LogP contribution < -0.4 is 5.14 Å². The van der Waals surface area contributed by atoms with Crippen LogP contribution in [0, 0.1) is 5.82 Å². The quantitative estimate of drug-likeness (QED) is 0.628. The fourth-order valence-corrected chi connectivity index (χ4v) is 2.29. The summed E-state index contributed by atoms with van der Waals surface area (Å²) in [7, 11) is -2.83. The first kappa shape index (κ1) is 16.0. The third kappa shape index (κ3) is 4.23. The zero-order chi connectivity index (χ0) is 14.6. The van der Waals surface area contributed by atoms with E-state index < -0.39 is 26.7 Å². The van der Waals surface area contributed by atoms with Crippen LogP contribution in [0.15, 0.2) is 21.5 Å². The van der Waals surface area contributed by atoms with E-state index in [2.05, 4.69) is 15.9 Å². The second-order valence-electron chi connectivity index (χ2n) is 3.44. The van der Waals surface area contributed by atoms with Gasteiger partial charge in [-0.15, -0.1) is 0 Å². The highest BCUT2D eigenvalue weighted by Gasteiger charge is 2.21. The zero-order valence-electron chi connectivity index (χ0n) is 9.85. The molecule has 0 amide bonds. The third-order valence-electron chi connectivity index (χ3n) is 2.07. The van der Waals surface area contributed by atoms with Gasteiger partial charge in [0, 0.05) is 11.6 Å². The number of benzene rings is 1. The first-order valence-electron chi connectivity index (χ1n) is 4.95. The molecule has 2 N–H and O–H groups in total. The number of carbonyl (C=O) groups excluding carboxylic acids is 1. The van der Waals surface area contributed by atoms with Crippen molar-refractivity contribution in [3.05, 3.63) is 28.0 Å². The van der Waals surface area contributed by atoms with Gasteiger partial charge in [-0.2, -0.15) is 0 Å². The molecule has 0 fully saturated rings. The summed E-state index contributed by atoms with van der Waals surface area (Å²) in [5.74, 6) is -1.86. The second kappa shape index (κ2) is 6.42. The molecule has 9 heteroatoms. The molecule has 0 atom stereocenters. The smallest absolute Gasteiger partial charge is 0.339 e. The van der Waals surface area contributed by atoms with Gasteiger partial charge < -0.3 is 9.47 Å². The highest BCUT2D eigenvalue weighted by atomic mass is 79.9. The lowest BCUT2D eigenvalue weighted by atomic mass is 10.2. The van der Waals surface area contributed by atoms with Gasteiger partial charge in [0.15, 0.2) is 0 Å². The van der Waals surface area contributed by atoms with Gasteiger partial charge in [-0.25, -0.2) is 22.7 Å². The lowest BCUT2D eigenvalue weighted by Gasteiger charge is -2.08. The van der Waals surface area contributed by atoms with Crippen molar-refractivity contribution in [1.82, 2.24) is 0 Å². The standard InChI is InChI=1S/C10H11BrFNO5S/c1-17-2-3-18-10(14)6-4-9(19(13,15)16)8(12)5-7(6)11/h4-5H,2-3H2,1H3,(H2,13,15,16). The Morgan fingerprint density at radius 3 is 2.58 bits per heavy atom. The highest BCUT2D eigenvalue weighted by Crippen LogP contribution is 2.24. The van der Waals surface area contributed by atoms with Crippen LogP contribution in [0.4, 0.5) is 4.39 Å². The Bertz CT molecular complexity index is 590. The molecule has 0 unspecified atom stereocenters. The van der Waals surface area contributed by atoms with E-state index in [4.69, 9.17) is 14.6 Å². The molecule has 0 bridgehead atoms. The van der Waals surface area contributed by atoms with Crippen molar-refractivity contribution in [2.45, 2.75) is 4.90 Å². The topological polar surface area (TPSA) is 95.7 Å². The minimum atomic E-state index is -4.26. The summed E-state index contributed by atoms with van der Waals surface area (Å²) in [6, 6.07) is 1.66. The van der Waals surface area contributed by atoms with Crippen molar-refractivity contribution in [1.29, 1.82) is 0 Å². The summed E-state index contributed by atoms with van der Waals surface area (Å²) in [5.41, 5.74) is -0.137. The molecule has 19 heavy (non-hydrogen) atoms. The molecular weight excluding hydrogens is 345 g/mol. The molecule has 0 spiro atoms. The Labute approximate surface area is 117 Å². The molecule has 6 nitrogen and oxygen atoms in total. The summed E-state index contributed by atoms with van der Waals surface area (Å²) in [4.78, 5) is 10.9. The van der Waals surface area contributed by atoms with E-state index in [1.807, 2.05) is 0 Å². The van der Waals surface area contributed by atoms with E-state index in [1.54, 1.807) is 0 Å². The monoisotopic (exact) mass is 355 g/mol. The number of hydrogen-bond donors (Lipinski definition) is 1. The number of carbonyl (C=O) groups is 1. The number of sulfonamides is 1. The number of methoxy groups -OCH3 is 1. The van der Waals surface area contributed by atoms with Crippen molar-refractivity contribution >= 4 is 31.9 Å². The van der Waals surface area contributed by atoms with Gasteiger partial charge in [-0.1, -0.05) is 0 Å². The Morgan fingerprint density at radius 1 is 1.42 bits per heavy atom. The minimum absolute atomic E-state index is 0.0101. The van der Waals surface area contributed by atoms with E-state index in [0.29, 0.717) is 0 Å². The fourth-order valence-electron chi connectivity index (χ4n) is 1.20. The molecule has 0 aliphatic heterocycles. The van der Waals surface area contributed by atoms with Crippen molar-refractivity contribution in [2.75, 3.05) is 20.3 Å². The number of rotatable bonds is 5. The molecule has 1 rings (SSSR count). The van der Waals surface area contributed by atoms with E-state index >= 15 is 0 Å². The molecule has 0 aliphatic rings. The van der Waals surface area contributed by atoms with Crippen LogP contribution in [-0.4, -0.2) is 34.7 Å². The number of halogens is 2. The predicted molar refractivity (Wildman–Crippen MR) is 67.6 cm³/mol. The van der Waals surface area contributed by atoms with Crippen LogP contribution in [0.2, 0.25) is 0 Å². The minimum Gasteiger partial charge on any atom is -0.460 e. The number of primary sulfonamides is 1. The molecule has 106 valence electrons. The van der Waals surface area contributed by atoms with Crippen molar-refractivity contribution in [2.24, 2.45) is 5.14 Å². The lowest BCUT2D eigenvalue weighted by molar-refractivity contribution is 0.0386. The lowest BCUT2D eigenvalue weighted by Crippen LogP contribution is -2.16. The van der Waals surface area contributed by atoms with Crippen LogP contribution in [0.1, 0.15) is 10.4 Å². The van der Waals surface area contributed by atoms with Gasteiger partial charge >= 0.3 is 5.97 Å². The zero-order valence-corrected chi connectivity index (χ0v) is 12.3. The van der Waals surface area contributed by atoms with E-state index in [0.717, 1.165) is 12.1 Å². The van der Waals surface area contributed by atoms with Gasteiger partial charge in [0.05, 0.1) is 12.2 Å². The van der Waals surface area contributed by atoms with Gasteiger partial charge in [-0.05, 0) is 28.1 Å². The third-order valence-corrected chi connectivity index (χ3v) is 3.65. The molecule has 0 saturated heterocycles. The number of esters is 1. The largest absolute Gasteiger partial charge is 0.460 e. The molecule has 1 aromatic carbocycles. The predicted octanol–water partition coefficient (Wildman–Crippen LogP) is 1.04. The molecule has 0 heterocycles. The normalized spacial score (nSPS) is 11.4. The maximum atomic E-state index is 13.4. The summed E-state index contributed by atoms with van der Waals surface area (Å²) < 4.78 is 45.3. The summed E-state index contributed by atoms with van der Waals surface area (Å²) in [5, 5.41) is 4.84. The van der Waals surface area contributed by atoms with E-state index in [1.165, 1.54) is 7.11 Å². The Hall–Kier alpha value is -1.03. The van der Waals surface area contributed by atoms with Crippen LogP contribution in [0.3, 0.4) is 0 Å². The van der Waals surface area contributed by atoms with Crippen LogP contribution >= 0.6 is 15.9 Å². The van der Waals surface area contributed by atoms with Gasteiger partial charge in [-0.3, -0.25) is 0 Å². The molecular formula is C10H11BrFNO5S. The van der Waals surface area contributed by atoms with Crippen molar-refractivity contribution < 1.29 is 27.1 Å². The molecule has 1 aromatic rings. The average molecular weight is 356 g/mol. The van der Waals surface area contributed by atoms with Crippen LogP contribution in [-0.2, 0) is 19.5 Å². The highest BCUT2D eigenvalue weighted by molar-refractivity contribution is 9.10. The Balaban J connectivity index is 3.11. The number of hydrogen-bond acceptors (Lipinski definition) is 5. The SMILES string of the molecule is COCCOC(=O)c1cc(S(N)(=O)=O)c(F)cc1Br. The summed E-state index contributed by atoms with van der Waals surface area (Å²) >= 11 is 2.95. The van der Waals surface area contributed by atoms with Crippen LogP contribution in [0.25, 0.3) is 0 Å². The Morgan fingerprint density at radius 2 is 2.05 bits per heavy atom. The molecule has 0 saturated carbocycles. The number of nitrogens with two attached hydrogens (primary N) is 1. The van der Waals surface area contributed by atoms with Crippen molar-refractivity contribution in [3.8, 4) is 0 Å². The average Bonchev–Trinajstić information content (AvgIpc) is 2.27. The maximum absolute atomic E-state index is 13.4. The summed E-state index contributed by atoms with van der Waals surface area (Å²) in [6.07, 6.45) is 0. The van der Waals surface area contributed by atoms with Gasteiger partial charge in [0.25, 0.3) is 0 Å². The first-order chi connectivity index (χ1) is 8.77. The fraction of sp³-hybridized carbons (Fsp3) is 0.300. The van der Waals surface area contributed by atoms with Crippen molar-refractivity contribution in [3.63, 3.8) is 0 Å². The molecule has 0 aromatic heterocycles. The first-order valence-corrected chi connectivity index (χ1v) is 7.29. The molecule has 0 aliphatic carbocycles. The van der Waals surface area contributed by atoms with Gasteiger partial charge in [0.1, 0.15) is 17.3 Å². The summed E-state index contributed by atoms with van der Waals surface area (Å²) in [6.45, 7) is 0.177. The number of ether oxygens (including phenoxy) is 2. The van der Waals surface area contributed by atoms with Gasteiger partial charge in [0.2, 0.25) is 10.0 Å². The van der Waals surface area contributed by atoms with E-state index in [-0.39, 0.29) is 23.2 Å². The molecule has 0 radical (unpaired) electrons. The van der Waals surface area contributed by atoms with Crippen LogP contribution in [0.5, 0.6) is 0 Å².